The van der Waals surface area contributed by atoms with Crippen LogP contribution in [0.3, 0.4) is 0 Å². The first-order valence-corrected chi connectivity index (χ1v) is 16.4. The number of nitrogens with one attached hydrogen (secondary N) is 1. The Bertz CT molecular complexity index is 1880. The molecule has 2 fully saturated rings. The lowest BCUT2D eigenvalue weighted by Crippen LogP contribution is -2.63. The van der Waals surface area contributed by atoms with Gasteiger partial charge in [-0.05, 0) is 35.7 Å². The second-order valence-electron chi connectivity index (χ2n) is 12.8. The van der Waals surface area contributed by atoms with Gasteiger partial charge < -0.3 is 79.7 Å². The first-order valence-electron chi connectivity index (χ1n) is 16.4. The Morgan fingerprint density at radius 1 is 0.849 bits per heavy atom. The summed E-state index contributed by atoms with van der Waals surface area (Å²) < 4.78 is 27.4. The molecule has 3 aliphatic rings. The average Bonchev–Trinajstić information content (AvgIpc) is 3.58. The van der Waals surface area contributed by atoms with E-state index in [4.69, 9.17) is 23.7 Å². The lowest BCUT2D eigenvalue weighted by Gasteiger charge is -2.41. The number of H-pyrrole nitrogens is 1. The van der Waals surface area contributed by atoms with Crippen LogP contribution in [0.1, 0.15) is 52.2 Å². The Kier molecular flexibility index (Phi) is 10.5. The Balaban J connectivity index is 1.32. The lowest BCUT2D eigenvalue weighted by atomic mass is 9.92. The Labute approximate surface area is 298 Å². The van der Waals surface area contributed by atoms with Crippen molar-refractivity contribution in [1.82, 2.24) is 4.98 Å². The fourth-order valence-corrected chi connectivity index (χ4v) is 6.29. The normalized spacial score (nSPS) is 31.3. The van der Waals surface area contributed by atoms with Gasteiger partial charge in [-0.15, -0.1) is 0 Å². The summed E-state index contributed by atoms with van der Waals surface area (Å²) in [5, 5.41) is 103. The number of hydrogen-bond donors (Lipinski definition) is 11. The van der Waals surface area contributed by atoms with Crippen molar-refractivity contribution in [2.45, 2.75) is 93.7 Å². The highest BCUT2D eigenvalue weighted by atomic mass is 16.7. The second-order valence-corrected chi connectivity index (χ2v) is 12.8. The van der Waals surface area contributed by atoms with Crippen LogP contribution in [-0.4, -0.2) is 135 Å². The van der Waals surface area contributed by atoms with Crippen LogP contribution in [0, 0.1) is 0 Å². The monoisotopic (exact) mass is 747 g/mol. The third-order valence-electron chi connectivity index (χ3n) is 9.27. The maximum atomic E-state index is 13.5. The van der Waals surface area contributed by atoms with Gasteiger partial charge in [-0.1, -0.05) is 13.0 Å². The molecule has 0 saturated carbocycles. The van der Waals surface area contributed by atoms with Crippen molar-refractivity contribution in [2.24, 2.45) is 0 Å². The number of aryl methyl sites for hydroxylation is 1. The van der Waals surface area contributed by atoms with Gasteiger partial charge in [0, 0.05) is 29.9 Å². The van der Waals surface area contributed by atoms with Crippen molar-refractivity contribution in [3.8, 4) is 28.7 Å². The van der Waals surface area contributed by atoms with Crippen molar-refractivity contribution < 1.29 is 89.1 Å². The molecule has 53 heavy (non-hydrogen) atoms. The predicted molar refractivity (Wildman–Crippen MR) is 171 cm³/mol. The maximum Gasteiger partial charge on any atom is 0.340 e. The Morgan fingerprint density at radius 2 is 1.51 bits per heavy atom. The number of aromatic nitrogens is 1. The van der Waals surface area contributed by atoms with E-state index in [-0.39, 0.29) is 35.5 Å². The fourth-order valence-electron chi connectivity index (χ4n) is 6.29. The summed E-state index contributed by atoms with van der Waals surface area (Å²) in [7, 11) is 0. The molecule has 11 unspecified atom stereocenters. The maximum absolute atomic E-state index is 13.5. The molecule has 3 aromatic rings. The number of carbonyl (C=O) groups is 3. The SMILES string of the molecule is CCc1cc(Cc2c(OC3OC(C(=O)OC4OC(C(=O)O)C(O)C(O)C4O)C(O)C(O)C3O)cc3c(c2O)C(=O)CC(c2ccc(O)c(O)c2)O3)c[nH]1. The number of aliphatic hydroxyl groups excluding tert-OH is 6. The zero-order valence-corrected chi connectivity index (χ0v) is 27.7. The minimum absolute atomic E-state index is 0.00963. The first-order chi connectivity index (χ1) is 25.1. The highest BCUT2D eigenvalue weighted by Gasteiger charge is 2.53. The van der Waals surface area contributed by atoms with E-state index in [2.05, 4.69) is 4.98 Å². The Hall–Kier alpha value is -4.99. The van der Waals surface area contributed by atoms with Crippen LogP contribution in [0.25, 0.3) is 0 Å². The summed E-state index contributed by atoms with van der Waals surface area (Å²) in [6.07, 6.45) is -20.4. The standard InChI is InChI=1S/C34H37NO18/c1-2-13-5-11(10-35-13)6-14-19(9-20-21(22(14)39)17(38)8-18(49-20)12-3-4-15(36)16(37)7-12)50-33-27(44)24(41)26(43)30(52-33)32(48)53-34-28(45)23(40)25(42)29(51-34)31(46)47/h3-5,7,9-10,18,23-30,33-37,39-45H,2,6,8H2,1H3,(H,46,47). The van der Waals surface area contributed by atoms with Crippen LogP contribution >= 0.6 is 0 Å². The van der Waals surface area contributed by atoms with Crippen molar-refractivity contribution in [1.29, 1.82) is 0 Å². The summed E-state index contributed by atoms with van der Waals surface area (Å²) >= 11 is 0. The number of carbonyl (C=O) groups excluding carboxylic acids is 2. The summed E-state index contributed by atoms with van der Waals surface area (Å²) in [6.45, 7) is 1.90. The molecular weight excluding hydrogens is 710 g/mol. The van der Waals surface area contributed by atoms with Crippen LogP contribution < -0.4 is 9.47 Å². The minimum Gasteiger partial charge on any atom is -0.507 e. The molecule has 1 aromatic heterocycles. The van der Waals surface area contributed by atoms with Gasteiger partial charge in [-0.3, -0.25) is 4.79 Å². The average molecular weight is 748 g/mol. The Morgan fingerprint density at radius 3 is 2.15 bits per heavy atom. The van der Waals surface area contributed by atoms with Gasteiger partial charge in [0.25, 0.3) is 0 Å². The molecule has 11 atom stereocenters. The molecule has 4 heterocycles. The molecule has 19 heteroatoms. The van der Waals surface area contributed by atoms with E-state index < -0.39 is 102 Å². The summed E-state index contributed by atoms with van der Waals surface area (Å²) in [5.41, 5.74) is 1.55. The van der Waals surface area contributed by atoms with E-state index in [1.54, 1.807) is 12.3 Å². The van der Waals surface area contributed by atoms with Crippen LogP contribution in [-0.2, 0) is 36.6 Å². The first kappa shape index (κ1) is 37.8. The van der Waals surface area contributed by atoms with Crippen LogP contribution in [0.4, 0.5) is 0 Å². The molecule has 3 aliphatic heterocycles. The number of aromatic hydroxyl groups is 3. The van der Waals surface area contributed by atoms with E-state index >= 15 is 0 Å². The van der Waals surface area contributed by atoms with Crippen LogP contribution in [0.15, 0.2) is 36.5 Å². The van der Waals surface area contributed by atoms with Crippen molar-refractivity contribution in [3.63, 3.8) is 0 Å². The van der Waals surface area contributed by atoms with Gasteiger partial charge in [0.1, 0.15) is 65.5 Å². The number of ketones is 1. The molecule has 6 rings (SSSR count). The number of aliphatic hydroxyl groups is 6. The second kappa shape index (κ2) is 14.8. The van der Waals surface area contributed by atoms with Gasteiger partial charge in [-0.25, -0.2) is 9.59 Å². The smallest absolute Gasteiger partial charge is 0.340 e. The third kappa shape index (κ3) is 7.20. The topological polar surface area (TPSA) is 315 Å². The van der Waals surface area contributed by atoms with E-state index in [9.17, 15) is 65.4 Å². The number of phenols is 3. The largest absolute Gasteiger partial charge is 0.507 e. The number of aliphatic carboxylic acids is 1. The number of carboxylic acid groups (broad SMARTS) is 1. The van der Waals surface area contributed by atoms with E-state index in [0.29, 0.717) is 17.5 Å². The number of carboxylic acids is 1. The van der Waals surface area contributed by atoms with Gasteiger partial charge in [0.15, 0.2) is 29.5 Å². The van der Waals surface area contributed by atoms with E-state index in [0.717, 1.165) is 5.69 Å². The predicted octanol–water partition coefficient (Wildman–Crippen LogP) is -1.39. The summed E-state index contributed by atoms with van der Waals surface area (Å²) in [5.74, 6) is -5.80. The van der Waals surface area contributed by atoms with E-state index in [1.165, 1.54) is 24.3 Å². The number of benzene rings is 2. The van der Waals surface area contributed by atoms with Crippen molar-refractivity contribution in [3.05, 3.63) is 64.5 Å². The zero-order chi connectivity index (χ0) is 38.5. The number of rotatable bonds is 9. The molecule has 0 radical (unpaired) electrons. The molecule has 11 N–H and O–H groups in total. The fraction of sp³-hybridized carbons (Fsp3) is 0.441. The zero-order valence-electron chi connectivity index (χ0n) is 27.7. The number of ether oxygens (including phenoxy) is 5. The molecule has 2 aromatic carbocycles. The molecule has 0 aliphatic carbocycles. The number of aromatic amines is 1. The molecule has 2 saturated heterocycles. The summed E-state index contributed by atoms with van der Waals surface area (Å²) in [6, 6.07) is 6.81. The lowest BCUT2D eigenvalue weighted by molar-refractivity contribution is -0.302. The van der Waals surface area contributed by atoms with Crippen LogP contribution in [0.5, 0.6) is 28.7 Å². The number of Topliss-reactive ketones (excluding diaryl/α,β-unsaturated/α-hetero) is 1. The molecule has 0 bridgehead atoms. The van der Waals surface area contributed by atoms with Crippen molar-refractivity contribution in [2.75, 3.05) is 0 Å². The summed E-state index contributed by atoms with van der Waals surface area (Å²) in [4.78, 5) is 41.2. The van der Waals surface area contributed by atoms with Gasteiger partial charge in [0.05, 0.1) is 6.42 Å². The molecular formula is C34H37NO18. The quantitative estimate of drug-likeness (QED) is 0.0887. The number of phenolic OH excluding ortho intramolecular Hbond substituents is 3. The molecule has 19 nitrogen and oxygen atoms in total. The third-order valence-corrected chi connectivity index (χ3v) is 9.27. The number of esters is 1. The molecule has 286 valence electrons. The molecule has 0 amide bonds. The van der Waals surface area contributed by atoms with Crippen LogP contribution in [0.2, 0.25) is 0 Å². The van der Waals surface area contributed by atoms with Crippen molar-refractivity contribution >= 4 is 17.7 Å². The van der Waals surface area contributed by atoms with Gasteiger partial charge >= 0.3 is 11.9 Å². The number of hydrogen-bond acceptors (Lipinski definition) is 17. The molecule has 0 spiro atoms. The van der Waals surface area contributed by atoms with E-state index in [1.807, 2.05) is 6.92 Å². The highest BCUT2D eigenvalue weighted by molar-refractivity contribution is 6.03. The van der Waals surface area contributed by atoms with Gasteiger partial charge in [-0.2, -0.15) is 0 Å². The number of fused-ring (bicyclic) bond motifs is 1. The highest BCUT2D eigenvalue weighted by Crippen LogP contribution is 2.47. The minimum atomic E-state index is -2.20. The van der Waals surface area contributed by atoms with Gasteiger partial charge in [0.2, 0.25) is 12.6 Å².